The summed E-state index contributed by atoms with van der Waals surface area (Å²) in [6.45, 7) is 0.385. The van der Waals surface area contributed by atoms with E-state index < -0.39 is 14.9 Å². The first-order valence-electron chi connectivity index (χ1n) is 5.97. The van der Waals surface area contributed by atoms with Gasteiger partial charge in [0.15, 0.2) is 0 Å². The maximum absolute atomic E-state index is 11.2. The van der Waals surface area contributed by atoms with Crippen LogP contribution in [0.2, 0.25) is 0 Å². The summed E-state index contributed by atoms with van der Waals surface area (Å²) in [4.78, 5) is 10.1. The molecule has 0 fully saturated rings. The molecule has 0 heterocycles. The van der Waals surface area contributed by atoms with Crippen LogP contribution in [-0.2, 0) is 16.6 Å². The number of benzene rings is 2. The van der Waals surface area contributed by atoms with E-state index in [0.717, 1.165) is 11.6 Å². The third-order valence-electron chi connectivity index (χ3n) is 2.82. The number of rotatable bonds is 5. The Morgan fingerprint density at radius 2 is 1.81 bits per heavy atom. The molecular formula is C13H13N3O4S. The molecule has 0 aliphatic carbocycles. The Kier molecular flexibility index (Phi) is 4.20. The highest BCUT2D eigenvalue weighted by Crippen LogP contribution is 2.27. The van der Waals surface area contributed by atoms with Gasteiger partial charge in [-0.25, -0.2) is 13.6 Å². The Balaban J connectivity index is 2.29. The first kappa shape index (κ1) is 14.9. The van der Waals surface area contributed by atoms with Crippen LogP contribution in [0.5, 0.6) is 0 Å². The van der Waals surface area contributed by atoms with Crippen molar-refractivity contribution in [3.63, 3.8) is 0 Å². The lowest BCUT2D eigenvalue weighted by atomic mass is 10.2. The van der Waals surface area contributed by atoms with E-state index in [1.54, 1.807) is 0 Å². The predicted molar refractivity (Wildman–Crippen MR) is 78.2 cm³/mol. The number of hydrogen-bond acceptors (Lipinski definition) is 5. The predicted octanol–water partition coefficient (Wildman–Crippen LogP) is 1.85. The van der Waals surface area contributed by atoms with E-state index in [2.05, 4.69) is 5.32 Å². The van der Waals surface area contributed by atoms with Gasteiger partial charge in [0, 0.05) is 12.6 Å². The highest BCUT2D eigenvalue weighted by molar-refractivity contribution is 7.89. The van der Waals surface area contributed by atoms with Crippen molar-refractivity contribution in [1.29, 1.82) is 0 Å². The summed E-state index contributed by atoms with van der Waals surface area (Å²) in [6.07, 6.45) is 0. The zero-order valence-corrected chi connectivity index (χ0v) is 11.7. The van der Waals surface area contributed by atoms with Gasteiger partial charge >= 0.3 is 0 Å². The van der Waals surface area contributed by atoms with Crippen molar-refractivity contribution in [2.75, 3.05) is 5.32 Å². The van der Waals surface area contributed by atoms with E-state index in [0.29, 0.717) is 6.54 Å². The molecule has 0 atom stereocenters. The Hall–Kier alpha value is -2.45. The van der Waals surface area contributed by atoms with E-state index in [4.69, 9.17) is 5.14 Å². The molecule has 0 aliphatic heterocycles. The monoisotopic (exact) mass is 307 g/mol. The standard InChI is InChI=1S/C13H13N3O4S/c14-21(19,20)11-6-7-12(13(8-11)16(17)18)15-9-10-4-2-1-3-5-10/h1-8,15H,9H2,(H2,14,19,20). The fourth-order valence-electron chi connectivity index (χ4n) is 1.78. The minimum Gasteiger partial charge on any atom is -0.375 e. The largest absolute Gasteiger partial charge is 0.375 e. The minimum atomic E-state index is -3.97. The van der Waals surface area contributed by atoms with Gasteiger partial charge in [0.2, 0.25) is 10.0 Å². The van der Waals surface area contributed by atoms with E-state index >= 15 is 0 Å². The molecule has 0 spiro atoms. The lowest BCUT2D eigenvalue weighted by molar-refractivity contribution is -0.384. The highest BCUT2D eigenvalue weighted by atomic mass is 32.2. The maximum Gasteiger partial charge on any atom is 0.293 e. The Morgan fingerprint density at radius 1 is 1.14 bits per heavy atom. The molecule has 0 saturated carbocycles. The molecule has 0 saturated heterocycles. The number of hydrogen-bond donors (Lipinski definition) is 2. The van der Waals surface area contributed by atoms with Crippen molar-refractivity contribution in [2.45, 2.75) is 11.4 Å². The lowest BCUT2D eigenvalue weighted by Crippen LogP contribution is -2.13. The summed E-state index contributed by atoms with van der Waals surface area (Å²) in [5, 5.41) is 18.9. The lowest BCUT2D eigenvalue weighted by Gasteiger charge is -2.08. The van der Waals surface area contributed by atoms with Gasteiger partial charge in [-0.2, -0.15) is 0 Å². The van der Waals surface area contributed by atoms with Crippen molar-refractivity contribution in [1.82, 2.24) is 0 Å². The number of nitrogens with one attached hydrogen (secondary N) is 1. The third kappa shape index (κ3) is 3.77. The maximum atomic E-state index is 11.2. The molecule has 8 heteroatoms. The van der Waals surface area contributed by atoms with Crippen LogP contribution >= 0.6 is 0 Å². The van der Waals surface area contributed by atoms with Gasteiger partial charge in [-0.1, -0.05) is 30.3 Å². The van der Waals surface area contributed by atoms with E-state index in [-0.39, 0.29) is 16.3 Å². The second-order valence-electron chi connectivity index (χ2n) is 4.32. The molecule has 0 aromatic heterocycles. The highest BCUT2D eigenvalue weighted by Gasteiger charge is 2.18. The average molecular weight is 307 g/mol. The number of primary sulfonamides is 1. The second-order valence-corrected chi connectivity index (χ2v) is 5.88. The summed E-state index contributed by atoms with van der Waals surface area (Å²) in [6, 6.07) is 12.8. The van der Waals surface area contributed by atoms with Gasteiger partial charge in [0.25, 0.3) is 5.69 Å². The van der Waals surface area contributed by atoms with Crippen molar-refractivity contribution < 1.29 is 13.3 Å². The average Bonchev–Trinajstić information content (AvgIpc) is 2.45. The molecule has 7 nitrogen and oxygen atoms in total. The van der Waals surface area contributed by atoms with Crippen LogP contribution in [0.1, 0.15) is 5.56 Å². The fraction of sp³-hybridized carbons (Fsp3) is 0.0769. The second kappa shape index (κ2) is 5.90. The van der Waals surface area contributed by atoms with Crippen LogP contribution in [0, 0.1) is 10.1 Å². The van der Waals surface area contributed by atoms with Crippen LogP contribution in [-0.4, -0.2) is 13.3 Å². The number of anilines is 1. The fourth-order valence-corrected chi connectivity index (χ4v) is 2.32. The molecule has 21 heavy (non-hydrogen) atoms. The van der Waals surface area contributed by atoms with Gasteiger partial charge in [0.05, 0.1) is 9.82 Å². The zero-order valence-electron chi connectivity index (χ0n) is 10.9. The third-order valence-corrected chi connectivity index (χ3v) is 3.73. The molecule has 3 N–H and O–H groups in total. The molecule has 0 unspecified atom stereocenters. The number of nitrogens with two attached hydrogens (primary N) is 1. The van der Waals surface area contributed by atoms with Crippen LogP contribution in [0.15, 0.2) is 53.4 Å². The van der Waals surface area contributed by atoms with Crippen LogP contribution in [0.25, 0.3) is 0 Å². The molecule has 0 bridgehead atoms. The molecule has 0 radical (unpaired) electrons. The first-order valence-corrected chi connectivity index (χ1v) is 7.51. The van der Waals surface area contributed by atoms with E-state index in [1.165, 1.54) is 12.1 Å². The van der Waals surface area contributed by atoms with E-state index in [9.17, 15) is 18.5 Å². The number of nitrogens with zero attached hydrogens (tertiary/aromatic N) is 1. The summed E-state index contributed by atoms with van der Waals surface area (Å²) < 4.78 is 22.5. The van der Waals surface area contributed by atoms with Crippen LogP contribution in [0.3, 0.4) is 0 Å². The van der Waals surface area contributed by atoms with Gasteiger partial charge in [-0.15, -0.1) is 0 Å². The Morgan fingerprint density at radius 3 is 2.38 bits per heavy atom. The molecule has 0 amide bonds. The van der Waals surface area contributed by atoms with Crippen molar-refractivity contribution in [3.8, 4) is 0 Å². The molecule has 0 aliphatic rings. The summed E-state index contributed by atoms with van der Waals surface area (Å²) in [7, 11) is -3.97. The van der Waals surface area contributed by atoms with Gasteiger partial charge in [-0.05, 0) is 17.7 Å². The minimum absolute atomic E-state index is 0.233. The molecular weight excluding hydrogens is 294 g/mol. The van der Waals surface area contributed by atoms with Crippen molar-refractivity contribution >= 4 is 21.4 Å². The van der Waals surface area contributed by atoms with Gasteiger partial charge < -0.3 is 5.32 Å². The first-order chi connectivity index (χ1) is 9.88. The number of sulfonamides is 1. The van der Waals surface area contributed by atoms with Gasteiger partial charge in [-0.3, -0.25) is 10.1 Å². The summed E-state index contributed by atoms with van der Waals surface area (Å²) in [5.41, 5.74) is 0.844. The molecule has 2 aromatic rings. The van der Waals surface area contributed by atoms with Crippen LogP contribution in [0.4, 0.5) is 11.4 Å². The van der Waals surface area contributed by atoms with Crippen LogP contribution < -0.4 is 10.5 Å². The SMILES string of the molecule is NS(=O)(=O)c1ccc(NCc2ccccc2)c([N+](=O)[O-])c1. The molecule has 2 aromatic carbocycles. The quantitative estimate of drug-likeness (QED) is 0.646. The normalized spacial score (nSPS) is 11.1. The van der Waals surface area contributed by atoms with Crippen molar-refractivity contribution in [2.24, 2.45) is 5.14 Å². The van der Waals surface area contributed by atoms with E-state index in [1.807, 2.05) is 30.3 Å². The Labute approximate surface area is 121 Å². The zero-order chi connectivity index (χ0) is 15.5. The summed E-state index contributed by atoms with van der Waals surface area (Å²) in [5.74, 6) is 0. The Bertz CT molecular complexity index is 760. The van der Waals surface area contributed by atoms with Gasteiger partial charge in [0.1, 0.15) is 5.69 Å². The van der Waals surface area contributed by atoms with Crippen molar-refractivity contribution in [3.05, 3.63) is 64.2 Å². The number of nitro groups is 1. The topological polar surface area (TPSA) is 115 Å². The smallest absolute Gasteiger partial charge is 0.293 e. The molecule has 110 valence electrons. The summed E-state index contributed by atoms with van der Waals surface area (Å²) >= 11 is 0. The molecule has 2 rings (SSSR count). The number of nitro benzene ring substituents is 1.